The Labute approximate surface area is 195 Å². The van der Waals surface area contributed by atoms with E-state index in [1.54, 1.807) is 27.7 Å². The van der Waals surface area contributed by atoms with Gasteiger partial charge in [0.05, 0.1) is 18.6 Å². The Morgan fingerprint density at radius 2 is 1.53 bits per heavy atom. The summed E-state index contributed by atoms with van der Waals surface area (Å²) in [4.78, 5) is 12.7. The number of esters is 1. The predicted octanol–water partition coefficient (Wildman–Crippen LogP) is 7.29. The summed E-state index contributed by atoms with van der Waals surface area (Å²) >= 11 is 0. The summed E-state index contributed by atoms with van der Waals surface area (Å²) in [6.07, 6.45) is 1.19. The zero-order valence-electron chi connectivity index (χ0n) is 21.8. The maximum atomic E-state index is 13.5. The molecule has 0 atom stereocenters. The minimum atomic E-state index is -3.89. The average Bonchev–Trinajstić information content (AvgIpc) is 2.49. The fourth-order valence-corrected chi connectivity index (χ4v) is 5.35. The fraction of sp³-hybridized carbons (Fsp3) is 0.720. The Balaban J connectivity index is 3.60. The van der Waals surface area contributed by atoms with Crippen LogP contribution in [0.5, 0.6) is 5.75 Å². The van der Waals surface area contributed by atoms with Gasteiger partial charge in [0.25, 0.3) is 0 Å². The molecule has 0 heterocycles. The van der Waals surface area contributed by atoms with Gasteiger partial charge in [0, 0.05) is 5.56 Å². The molecule has 0 saturated heterocycles. The maximum absolute atomic E-state index is 13.5. The van der Waals surface area contributed by atoms with Crippen molar-refractivity contribution >= 4 is 13.8 Å². The SMILES string of the molecule is CCCC(C)(C)c1c(CC(=O)OC(C)(C)C)cc(C)cc1OP(=O)(OC(C)C)OC(C)C. The van der Waals surface area contributed by atoms with Crippen LogP contribution in [-0.2, 0) is 35.0 Å². The second-order valence-electron chi connectivity index (χ2n) is 10.5. The lowest BCUT2D eigenvalue weighted by Crippen LogP contribution is -2.27. The molecule has 0 spiro atoms. The third-order valence-electron chi connectivity index (χ3n) is 4.52. The monoisotopic (exact) mass is 470 g/mol. The molecule has 0 amide bonds. The van der Waals surface area contributed by atoms with Crippen LogP contribution in [0, 0.1) is 6.92 Å². The van der Waals surface area contributed by atoms with Gasteiger partial charge >= 0.3 is 13.8 Å². The van der Waals surface area contributed by atoms with E-state index >= 15 is 0 Å². The van der Waals surface area contributed by atoms with Crippen molar-refractivity contribution in [1.82, 2.24) is 0 Å². The topological polar surface area (TPSA) is 71.1 Å². The summed E-state index contributed by atoms with van der Waals surface area (Å²) < 4.78 is 36.4. The van der Waals surface area contributed by atoms with Crippen molar-refractivity contribution < 1.29 is 27.7 Å². The lowest BCUT2D eigenvalue weighted by atomic mass is 9.76. The van der Waals surface area contributed by atoms with Gasteiger partial charge in [-0.15, -0.1) is 0 Å². The lowest BCUT2D eigenvalue weighted by Gasteiger charge is -2.32. The molecule has 184 valence electrons. The first-order chi connectivity index (χ1) is 14.5. The molecule has 0 N–H and O–H groups in total. The third kappa shape index (κ3) is 9.25. The van der Waals surface area contributed by atoms with Gasteiger partial charge in [-0.05, 0) is 84.4 Å². The van der Waals surface area contributed by atoms with E-state index in [1.165, 1.54) is 0 Å². The maximum Gasteiger partial charge on any atom is 0.530 e. The number of hydrogen-bond acceptors (Lipinski definition) is 6. The number of ether oxygens (including phenoxy) is 1. The van der Waals surface area contributed by atoms with Crippen LogP contribution in [0.1, 0.15) is 98.8 Å². The summed E-state index contributed by atoms with van der Waals surface area (Å²) in [6.45, 7) is 20.9. The second-order valence-corrected chi connectivity index (χ2v) is 12.0. The van der Waals surface area contributed by atoms with Crippen molar-refractivity contribution in [2.45, 2.75) is 119 Å². The molecule has 0 saturated carbocycles. The van der Waals surface area contributed by atoms with E-state index in [2.05, 4.69) is 20.8 Å². The molecule has 1 rings (SSSR count). The van der Waals surface area contributed by atoms with Crippen LogP contribution in [0.3, 0.4) is 0 Å². The molecular weight excluding hydrogens is 427 g/mol. The van der Waals surface area contributed by atoms with E-state index < -0.39 is 13.4 Å². The highest BCUT2D eigenvalue weighted by atomic mass is 31.2. The highest BCUT2D eigenvalue weighted by molar-refractivity contribution is 7.49. The molecule has 0 fully saturated rings. The highest BCUT2D eigenvalue weighted by Crippen LogP contribution is 2.54. The Hall–Kier alpha value is -1.36. The number of carbonyl (C=O) groups excluding carboxylic acids is 1. The molecule has 0 aliphatic rings. The number of benzene rings is 1. The summed E-state index contributed by atoms with van der Waals surface area (Å²) in [5.41, 5.74) is 1.60. The lowest BCUT2D eigenvalue weighted by molar-refractivity contribution is -0.153. The van der Waals surface area contributed by atoms with Gasteiger partial charge in [-0.1, -0.05) is 33.3 Å². The Kier molecular flexibility index (Phi) is 10.0. The van der Waals surface area contributed by atoms with E-state index in [4.69, 9.17) is 18.3 Å². The first kappa shape index (κ1) is 28.7. The zero-order chi connectivity index (χ0) is 24.9. The molecule has 1 aromatic rings. The van der Waals surface area contributed by atoms with Gasteiger partial charge in [-0.25, -0.2) is 4.57 Å². The Bertz CT molecular complexity index is 806. The van der Waals surface area contributed by atoms with Crippen molar-refractivity contribution in [3.05, 3.63) is 28.8 Å². The van der Waals surface area contributed by atoms with Crippen LogP contribution < -0.4 is 4.52 Å². The van der Waals surface area contributed by atoms with E-state index in [1.807, 2.05) is 39.8 Å². The van der Waals surface area contributed by atoms with Gasteiger partial charge in [-0.3, -0.25) is 13.8 Å². The molecule has 0 radical (unpaired) electrons. The van der Waals surface area contributed by atoms with Gasteiger partial charge in [0.2, 0.25) is 0 Å². The van der Waals surface area contributed by atoms with Crippen LogP contribution in [0.2, 0.25) is 0 Å². The van der Waals surface area contributed by atoms with E-state index in [0.717, 1.165) is 29.5 Å². The second kappa shape index (κ2) is 11.2. The summed E-state index contributed by atoms with van der Waals surface area (Å²) in [5, 5.41) is 0. The standard InChI is InChI=1S/C25H43O6P/c1-12-13-25(10,11)23-20(16-22(26)28-24(7,8)9)14-19(6)15-21(23)31-32(27,29-17(2)3)30-18(4)5/h14-15,17-18H,12-13,16H2,1-11H3. The summed E-state index contributed by atoms with van der Waals surface area (Å²) in [5.74, 6) is 0.106. The molecule has 0 bridgehead atoms. The molecule has 0 aromatic heterocycles. The third-order valence-corrected chi connectivity index (χ3v) is 6.30. The smallest absolute Gasteiger partial charge is 0.460 e. The van der Waals surface area contributed by atoms with Crippen LogP contribution in [0.4, 0.5) is 0 Å². The van der Waals surface area contributed by atoms with Crippen LogP contribution in [0.25, 0.3) is 0 Å². The van der Waals surface area contributed by atoms with Gasteiger partial charge < -0.3 is 9.26 Å². The summed E-state index contributed by atoms with van der Waals surface area (Å²) in [6, 6.07) is 3.81. The first-order valence-electron chi connectivity index (χ1n) is 11.5. The van der Waals surface area contributed by atoms with Crippen molar-refractivity contribution in [2.24, 2.45) is 0 Å². The van der Waals surface area contributed by atoms with E-state index in [9.17, 15) is 9.36 Å². The van der Waals surface area contributed by atoms with Gasteiger partial charge in [0.1, 0.15) is 11.4 Å². The Morgan fingerprint density at radius 1 is 1.00 bits per heavy atom. The van der Waals surface area contributed by atoms with Crippen LogP contribution in [0.15, 0.2) is 12.1 Å². The number of aryl methyl sites for hydroxylation is 1. The van der Waals surface area contributed by atoms with Crippen LogP contribution >= 0.6 is 7.82 Å². The van der Waals surface area contributed by atoms with Crippen molar-refractivity contribution in [1.29, 1.82) is 0 Å². The quantitative estimate of drug-likeness (QED) is 0.250. The first-order valence-corrected chi connectivity index (χ1v) is 13.0. The number of phosphoric acid groups is 1. The number of phosphoric ester groups is 1. The minimum Gasteiger partial charge on any atom is -0.460 e. The Morgan fingerprint density at radius 3 is 1.97 bits per heavy atom. The highest BCUT2D eigenvalue weighted by Gasteiger charge is 2.36. The zero-order valence-corrected chi connectivity index (χ0v) is 22.7. The number of carbonyl (C=O) groups is 1. The fourth-order valence-electron chi connectivity index (χ4n) is 3.79. The molecule has 0 aliphatic heterocycles. The van der Waals surface area contributed by atoms with Crippen molar-refractivity contribution in [3.63, 3.8) is 0 Å². The number of rotatable bonds is 11. The minimum absolute atomic E-state index is 0.0954. The molecule has 0 aliphatic carbocycles. The van der Waals surface area contributed by atoms with Crippen LogP contribution in [-0.4, -0.2) is 23.8 Å². The molecular formula is C25H43O6P. The normalized spacial score (nSPS) is 13.0. The largest absolute Gasteiger partial charge is 0.530 e. The van der Waals surface area contributed by atoms with E-state index in [-0.39, 0.29) is 30.0 Å². The van der Waals surface area contributed by atoms with E-state index in [0.29, 0.717) is 5.75 Å². The molecule has 6 nitrogen and oxygen atoms in total. The van der Waals surface area contributed by atoms with Crippen molar-refractivity contribution in [3.8, 4) is 5.75 Å². The molecule has 1 aromatic carbocycles. The molecule has 32 heavy (non-hydrogen) atoms. The van der Waals surface area contributed by atoms with Gasteiger partial charge in [0.15, 0.2) is 0 Å². The summed E-state index contributed by atoms with van der Waals surface area (Å²) in [7, 11) is -3.89. The molecule has 7 heteroatoms. The average molecular weight is 471 g/mol. The predicted molar refractivity (Wildman–Crippen MR) is 129 cm³/mol. The molecule has 0 unspecified atom stereocenters. The number of hydrogen-bond donors (Lipinski definition) is 0. The van der Waals surface area contributed by atoms with Crippen molar-refractivity contribution in [2.75, 3.05) is 0 Å². The van der Waals surface area contributed by atoms with Gasteiger partial charge in [-0.2, -0.15) is 0 Å².